The molecule has 7 heteroatoms. The lowest BCUT2D eigenvalue weighted by atomic mass is 9.96. The smallest absolute Gasteiger partial charge is 0.223 e. The number of hydrogen-bond acceptors (Lipinski definition) is 5. The molecule has 2 aromatic rings. The summed E-state index contributed by atoms with van der Waals surface area (Å²) in [5.41, 5.74) is 0.662. The lowest BCUT2D eigenvalue weighted by Gasteiger charge is -2.40. The molecule has 2 aromatic heterocycles. The Morgan fingerprint density at radius 3 is 2.62 bits per heavy atom. The summed E-state index contributed by atoms with van der Waals surface area (Å²) in [5.74, 6) is 2.61. The van der Waals surface area contributed by atoms with Gasteiger partial charge in [-0.15, -0.1) is 15.3 Å². The van der Waals surface area contributed by atoms with E-state index in [4.69, 9.17) is 5.10 Å². The Kier molecular flexibility index (Phi) is 4.17. The second-order valence-electron chi connectivity index (χ2n) is 8.39. The van der Waals surface area contributed by atoms with E-state index < -0.39 is 0 Å². The average Bonchev–Trinajstić information content (AvgIpc) is 3.21. The van der Waals surface area contributed by atoms with Gasteiger partial charge in [-0.25, -0.2) is 0 Å². The van der Waals surface area contributed by atoms with Crippen LogP contribution >= 0.6 is 0 Å². The maximum atomic E-state index is 12.1. The molecule has 26 heavy (non-hydrogen) atoms. The molecule has 138 valence electrons. The Hall–Kier alpha value is -2.44. The summed E-state index contributed by atoms with van der Waals surface area (Å²) >= 11 is 0. The Morgan fingerprint density at radius 2 is 1.92 bits per heavy atom. The fourth-order valence-corrected chi connectivity index (χ4v) is 3.52. The largest absolute Gasteiger partial charge is 0.355 e. The molecule has 1 aliphatic carbocycles. The summed E-state index contributed by atoms with van der Waals surface area (Å²) in [7, 11) is 0. The first-order valence-electron chi connectivity index (χ1n) is 9.32. The van der Waals surface area contributed by atoms with Crippen molar-refractivity contribution in [2.45, 2.75) is 39.0 Å². The third-order valence-electron chi connectivity index (χ3n) is 5.14. The van der Waals surface area contributed by atoms with E-state index in [0.717, 1.165) is 49.8 Å². The normalized spacial score (nSPS) is 18.5. The van der Waals surface area contributed by atoms with Crippen LogP contribution in [-0.4, -0.2) is 45.4 Å². The number of rotatable bonds is 4. The van der Waals surface area contributed by atoms with Gasteiger partial charge in [0.2, 0.25) is 5.91 Å². The van der Waals surface area contributed by atoms with E-state index in [1.807, 2.05) is 16.6 Å². The van der Waals surface area contributed by atoms with Gasteiger partial charge in [0.15, 0.2) is 11.5 Å². The molecule has 1 amide bonds. The van der Waals surface area contributed by atoms with Gasteiger partial charge in [-0.05, 0) is 25.0 Å². The molecule has 3 heterocycles. The fraction of sp³-hybridized carbons (Fsp3) is 0.579. The third-order valence-corrected chi connectivity index (χ3v) is 5.14. The summed E-state index contributed by atoms with van der Waals surface area (Å²) in [4.78, 5) is 14.3. The molecular formula is C19H26N6O. The van der Waals surface area contributed by atoms with Gasteiger partial charge >= 0.3 is 0 Å². The fourth-order valence-electron chi connectivity index (χ4n) is 3.52. The van der Waals surface area contributed by atoms with Gasteiger partial charge in [-0.2, -0.15) is 4.52 Å². The van der Waals surface area contributed by atoms with Crippen molar-refractivity contribution in [3.05, 3.63) is 30.1 Å². The van der Waals surface area contributed by atoms with Crippen molar-refractivity contribution >= 4 is 17.4 Å². The van der Waals surface area contributed by atoms with E-state index in [0.29, 0.717) is 5.92 Å². The van der Waals surface area contributed by atoms with Gasteiger partial charge < -0.3 is 10.2 Å². The number of hydrogen-bond donors (Lipinski definition) is 1. The van der Waals surface area contributed by atoms with Crippen LogP contribution < -0.4 is 10.2 Å². The topological polar surface area (TPSA) is 75.4 Å². The Morgan fingerprint density at radius 1 is 1.19 bits per heavy atom. The highest BCUT2D eigenvalue weighted by Crippen LogP contribution is 2.25. The Labute approximate surface area is 153 Å². The summed E-state index contributed by atoms with van der Waals surface area (Å²) in [6.07, 6.45) is 5.94. The summed E-state index contributed by atoms with van der Waals surface area (Å²) < 4.78 is 1.84. The third kappa shape index (κ3) is 3.18. The zero-order valence-corrected chi connectivity index (χ0v) is 15.6. The number of fused-ring (bicyclic) bond motifs is 1. The van der Waals surface area contributed by atoms with E-state index in [1.165, 1.54) is 0 Å². The van der Waals surface area contributed by atoms with E-state index in [2.05, 4.69) is 53.3 Å². The number of anilines is 1. The molecule has 0 spiro atoms. The zero-order valence-electron chi connectivity index (χ0n) is 15.6. The van der Waals surface area contributed by atoms with Crippen LogP contribution in [-0.2, 0) is 10.2 Å². The zero-order chi connectivity index (χ0) is 18.3. The van der Waals surface area contributed by atoms with Crippen LogP contribution in [0.4, 0.5) is 5.82 Å². The summed E-state index contributed by atoms with van der Waals surface area (Å²) in [6.45, 7) is 8.90. The molecule has 0 radical (unpaired) electrons. The molecule has 2 aliphatic rings. The van der Waals surface area contributed by atoms with Gasteiger partial charge in [0.25, 0.3) is 0 Å². The summed E-state index contributed by atoms with van der Waals surface area (Å²) in [5, 5.41) is 16.3. The second kappa shape index (κ2) is 6.37. The highest BCUT2D eigenvalue weighted by Gasteiger charge is 2.30. The minimum absolute atomic E-state index is 0.109. The molecule has 0 saturated carbocycles. The van der Waals surface area contributed by atoms with Crippen LogP contribution in [0.3, 0.4) is 0 Å². The summed E-state index contributed by atoms with van der Waals surface area (Å²) in [6, 6.07) is 3.96. The number of carbonyl (C=O) groups excluding carboxylic acids is 1. The first-order chi connectivity index (χ1) is 12.4. The van der Waals surface area contributed by atoms with Gasteiger partial charge in [0, 0.05) is 36.9 Å². The quantitative estimate of drug-likeness (QED) is 0.849. The number of aromatic nitrogens is 4. The standard InChI is InChI=1S/C19H26N6O/c1-19(2,3)18-22-21-15-8-9-16(23-25(15)18)24-11-13(12-24)10-20-17(26)14-6-4-5-7-14/h4-5,8-9,13-14H,6-7,10-12H2,1-3H3,(H,20,26). The predicted molar refractivity (Wildman–Crippen MR) is 100 cm³/mol. The average molecular weight is 354 g/mol. The van der Waals surface area contributed by atoms with E-state index in [9.17, 15) is 4.79 Å². The highest BCUT2D eigenvalue weighted by molar-refractivity contribution is 5.79. The number of carbonyl (C=O) groups is 1. The minimum atomic E-state index is -0.109. The van der Waals surface area contributed by atoms with Crippen molar-refractivity contribution in [2.75, 3.05) is 24.5 Å². The minimum Gasteiger partial charge on any atom is -0.355 e. The van der Waals surface area contributed by atoms with Crippen molar-refractivity contribution in [3.8, 4) is 0 Å². The first-order valence-corrected chi connectivity index (χ1v) is 9.32. The number of nitrogens with one attached hydrogen (secondary N) is 1. The molecule has 0 atom stereocenters. The molecule has 1 N–H and O–H groups in total. The van der Waals surface area contributed by atoms with Crippen molar-refractivity contribution < 1.29 is 4.79 Å². The van der Waals surface area contributed by atoms with Crippen molar-refractivity contribution in [1.82, 2.24) is 25.1 Å². The molecule has 1 saturated heterocycles. The van der Waals surface area contributed by atoms with E-state index >= 15 is 0 Å². The maximum absolute atomic E-state index is 12.1. The van der Waals surface area contributed by atoms with Gasteiger partial charge in [0.1, 0.15) is 5.82 Å². The SMILES string of the molecule is CC(C)(C)c1nnc2ccc(N3CC(CNC(=O)C4CC=CC4)C3)nn12. The second-order valence-corrected chi connectivity index (χ2v) is 8.39. The maximum Gasteiger partial charge on any atom is 0.223 e. The van der Waals surface area contributed by atoms with E-state index in [-0.39, 0.29) is 17.2 Å². The van der Waals surface area contributed by atoms with Crippen LogP contribution in [0.5, 0.6) is 0 Å². The van der Waals surface area contributed by atoms with Crippen LogP contribution in [0.1, 0.15) is 39.4 Å². The Balaban J connectivity index is 1.36. The van der Waals surface area contributed by atoms with Crippen molar-refractivity contribution in [1.29, 1.82) is 0 Å². The van der Waals surface area contributed by atoms with Gasteiger partial charge in [-0.3, -0.25) is 4.79 Å². The molecule has 7 nitrogen and oxygen atoms in total. The molecular weight excluding hydrogens is 328 g/mol. The van der Waals surface area contributed by atoms with Crippen LogP contribution in [0.2, 0.25) is 0 Å². The van der Waals surface area contributed by atoms with Crippen molar-refractivity contribution in [3.63, 3.8) is 0 Å². The first kappa shape index (κ1) is 17.0. The van der Waals surface area contributed by atoms with Crippen LogP contribution in [0, 0.1) is 11.8 Å². The molecule has 4 rings (SSSR count). The van der Waals surface area contributed by atoms with Crippen LogP contribution in [0.15, 0.2) is 24.3 Å². The lowest BCUT2D eigenvalue weighted by molar-refractivity contribution is -0.124. The Bertz CT molecular complexity index is 835. The monoisotopic (exact) mass is 354 g/mol. The number of nitrogens with zero attached hydrogens (tertiary/aromatic N) is 5. The predicted octanol–water partition coefficient (Wildman–Crippen LogP) is 1.94. The molecule has 1 aliphatic heterocycles. The van der Waals surface area contributed by atoms with Crippen LogP contribution in [0.25, 0.3) is 5.65 Å². The number of amides is 1. The van der Waals surface area contributed by atoms with Gasteiger partial charge in [-0.1, -0.05) is 32.9 Å². The molecule has 0 unspecified atom stereocenters. The molecule has 0 aromatic carbocycles. The van der Waals surface area contributed by atoms with Crippen molar-refractivity contribution in [2.24, 2.45) is 11.8 Å². The number of allylic oxidation sites excluding steroid dienone is 2. The molecule has 0 bridgehead atoms. The lowest BCUT2D eigenvalue weighted by Crippen LogP contribution is -2.52. The van der Waals surface area contributed by atoms with E-state index in [1.54, 1.807) is 0 Å². The van der Waals surface area contributed by atoms with Gasteiger partial charge in [0.05, 0.1) is 0 Å². The molecule has 1 fully saturated rings. The highest BCUT2D eigenvalue weighted by atomic mass is 16.1.